The Morgan fingerprint density at radius 1 is 0.956 bits per heavy atom. The molecule has 1 aromatic heterocycles. The summed E-state index contributed by atoms with van der Waals surface area (Å²) in [4.78, 5) is 60.4. The Morgan fingerprint density at radius 3 is 2.33 bits per heavy atom. The summed E-state index contributed by atoms with van der Waals surface area (Å²) in [6.07, 6.45) is 2.85. The van der Waals surface area contributed by atoms with Crippen LogP contribution in [0.25, 0.3) is 0 Å². The molecule has 4 heterocycles. The highest BCUT2D eigenvalue weighted by Gasteiger charge is 2.64. The third kappa shape index (κ3) is 4.91. The molecule has 7 rings (SSSR count). The van der Waals surface area contributed by atoms with Crippen molar-refractivity contribution in [3.8, 4) is 0 Å². The van der Waals surface area contributed by atoms with Gasteiger partial charge in [-0.15, -0.1) is 0 Å². The number of rotatable bonds is 8. The molecule has 3 aromatic rings. The number of hydrogen-bond acceptors (Lipinski definition) is 6. The standard InChI is InChI=1S/C35H39N5O5/c1-45-34(44)35(20-24-10-4-2-5-11-24)31-26(22-40(35)32(42)25-12-6-3-7-13-25)18-28-27(31)19-29(33(43)37-14-8-9-15-37)39(28)17-16-38-23-36-21-30(38)41/h2-7,10-13,19,26,31,36H,8-9,14-18,20-23H2,1H3/t26-,31+,35+/m0/s1. The Balaban J connectivity index is 1.35. The van der Waals surface area contributed by atoms with E-state index in [1.807, 2.05) is 59.5 Å². The lowest BCUT2D eigenvalue weighted by molar-refractivity contribution is -0.153. The normalized spacial score (nSPS) is 23.8. The van der Waals surface area contributed by atoms with E-state index < -0.39 is 11.5 Å². The highest BCUT2D eigenvalue weighted by atomic mass is 16.5. The van der Waals surface area contributed by atoms with E-state index in [0.717, 1.165) is 29.7 Å². The largest absolute Gasteiger partial charge is 0.467 e. The third-order valence-corrected chi connectivity index (χ3v) is 10.2. The molecule has 2 aromatic carbocycles. The molecule has 3 aliphatic heterocycles. The SMILES string of the molecule is COC(=O)[C@@]1(Cc2ccccc2)[C@H]2c3cc(C(=O)N4CCCC4)n(CCN4CNCC4=O)c3C[C@H]2CN1C(=O)c1ccccc1. The summed E-state index contributed by atoms with van der Waals surface area (Å²) < 4.78 is 7.67. The summed E-state index contributed by atoms with van der Waals surface area (Å²) in [6, 6.07) is 20.8. The van der Waals surface area contributed by atoms with Gasteiger partial charge in [0.05, 0.1) is 20.3 Å². The van der Waals surface area contributed by atoms with Crippen LogP contribution in [0.2, 0.25) is 0 Å². The van der Waals surface area contributed by atoms with Crippen LogP contribution in [-0.4, -0.2) is 95.0 Å². The Kier molecular flexibility index (Phi) is 7.69. The summed E-state index contributed by atoms with van der Waals surface area (Å²) in [6.45, 7) is 3.59. The van der Waals surface area contributed by atoms with Crippen molar-refractivity contribution in [1.82, 2.24) is 24.6 Å². The second kappa shape index (κ2) is 11.8. The molecule has 3 amide bonds. The smallest absolute Gasteiger partial charge is 0.332 e. The number of nitrogens with one attached hydrogen (secondary N) is 1. The van der Waals surface area contributed by atoms with Crippen LogP contribution in [0, 0.1) is 5.92 Å². The van der Waals surface area contributed by atoms with Gasteiger partial charge in [0.15, 0.2) is 5.54 Å². The maximum absolute atomic E-state index is 14.3. The molecular formula is C35H39N5O5. The number of fused-ring (bicyclic) bond motifs is 3. The summed E-state index contributed by atoms with van der Waals surface area (Å²) in [5.41, 5.74) is 2.67. The van der Waals surface area contributed by atoms with Crippen molar-refractivity contribution in [3.05, 3.63) is 94.8 Å². The Morgan fingerprint density at radius 2 is 1.67 bits per heavy atom. The maximum atomic E-state index is 14.3. The molecule has 0 bridgehead atoms. The van der Waals surface area contributed by atoms with Gasteiger partial charge in [0.25, 0.3) is 11.8 Å². The van der Waals surface area contributed by atoms with E-state index in [-0.39, 0.29) is 36.0 Å². The van der Waals surface area contributed by atoms with E-state index in [0.29, 0.717) is 63.6 Å². The Bertz CT molecular complexity index is 1620. The lowest BCUT2D eigenvalue weighted by Gasteiger charge is -2.40. The molecule has 0 saturated carbocycles. The van der Waals surface area contributed by atoms with Crippen molar-refractivity contribution >= 4 is 23.7 Å². The first kappa shape index (κ1) is 29.3. The number of amides is 3. The van der Waals surface area contributed by atoms with Crippen LogP contribution in [0.1, 0.15) is 56.4 Å². The van der Waals surface area contributed by atoms with Crippen molar-refractivity contribution in [2.75, 3.05) is 46.5 Å². The molecule has 4 aliphatic rings. The first-order chi connectivity index (χ1) is 21.9. The van der Waals surface area contributed by atoms with Gasteiger partial charge in [-0.3, -0.25) is 19.7 Å². The van der Waals surface area contributed by atoms with Gasteiger partial charge in [-0.25, -0.2) is 4.79 Å². The number of benzene rings is 2. The van der Waals surface area contributed by atoms with Crippen molar-refractivity contribution in [1.29, 1.82) is 0 Å². The molecule has 234 valence electrons. The fourth-order valence-electron chi connectivity index (χ4n) is 8.15. The van der Waals surface area contributed by atoms with Crippen LogP contribution in [0.4, 0.5) is 0 Å². The lowest BCUT2D eigenvalue weighted by Crippen LogP contribution is -2.58. The average Bonchev–Trinajstić information content (AvgIpc) is 3.90. The number of carbonyl (C=O) groups excluding carboxylic acids is 4. The summed E-state index contributed by atoms with van der Waals surface area (Å²) in [5.74, 6) is -1.04. The molecule has 3 fully saturated rings. The van der Waals surface area contributed by atoms with Crippen LogP contribution in [-0.2, 0) is 33.7 Å². The molecule has 1 N–H and O–H groups in total. The lowest BCUT2D eigenvalue weighted by atomic mass is 9.75. The molecule has 0 spiro atoms. The van der Waals surface area contributed by atoms with Crippen molar-refractivity contribution in [3.63, 3.8) is 0 Å². The topological polar surface area (TPSA) is 104 Å². The van der Waals surface area contributed by atoms with Crippen molar-refractivity contribution in [2.45, 2.75) is 43.7 Å². The predicted octanol–water partition coefficient (Wildman–Crippen LogP) is 2.68. The number of carbonyl (C=O) groups is 4. The van der Waals surface area contributed by atoms with E-state index in [9.17, 15) is 19.2 Å². The van der Waals surface area contributed by atoms with E-state index in [1.54, 1.807) is 21.9 Å². The zero-order valence-corrected chi connectivity index (χ0v) is 25.6. The van der Waals surface area contributed by atoms with Gasteiger partial charge in [0.1, 0.15) is 5.69 Å². The van der Waals surface area contributed by atoms with Crippen LogP contribution < -0.4 is 5.32 Å². The molecule has 3 atom stereocenters. The molecule has 0 radical (unpaired) electrons. The average molecular weight is 610 g/mol. The summed E-state index contributed by atoms with van der Waals surface area (Å²) >= 11 is 0. The van der Waals surface area contributed by atoms with E-state index in [2.05, 4.69) is 9.88 Å². The number of aromatic nitrogens is 1. The number of nitrogens with zero attached hydrogens (tertiary/aromatic N) is 4. The van der Waals surface area contributed by atoms with Gasteiger partial charge in [-0.2, -0.15) is 0 Å². The first-order valence-corrected chi connectivity index (χ1v) is 15.9. The highest BCUT2D eigenvalue weighted by Crippen LogP contribution is 2.55. The van der Waals surface area contributed by atoms with Crippen LogP contribution in [0.15, 0.2) is 66.7 Å². The van der Waals surface area contributed by atoms with Gasteiger partial charge in [0, 0.05) is 56.3 Å². The first-order valence-electron chi connectivity index (χ1n) is 15.9. The maximum Gasteiger partial charge on any atom is 0.332 e. The fourth-order valence-corrected chi connectivity index (χ4v) is 8.15. The quantitative estimate of drug-likeness (QED) is 0.394. The number of hydrogen-bond donors (Lipinski definition) is 1. The molecular weight excluding hydrogens is 570 g/mol. The minimum Gasteiger partial charge on any atom is -0.467 e. The number of likely N-dealkylation sites (tertiary alicyclic amines) is 2. The second-order valence-corrected chi connectivity index (χ2v) is 12.6. The van der Waals surface area contributed by atoms with Gasteiger partial charge in [-0.05, 0) is 54.5 Å². The van der Waals surface area contributed by atoms with Gasteiger partial charge in [0.2, 0.25) is 5.91 Å². The minimum atomic E-state index is -1.31. The van der Waals surface area contributed by atoms with Crippen molar-refractivity contribution < 1.29 is 23.9 Å². The predicted molar refractivity (Wildman–Crippen MR) is 166 cm³/mol. The van der Waals surface area contributed by atoms with Crippen LogP contribution in [0.5, 0.6) is 0 Å². The Labute approximate surface area is 262 Å². The van der Waals surface area contributed by atoms with E-state index in [4.69, 9.17) is 4.74 Å². The highest BCUT2D eigenvalue weighted by molar-refractivity contribution is 6.00. The van der Waals surface area contributed by atoms with Gasteiger partial charge in [-0.1, -0.05) is 48.5 Å². The molecule has 45 heavy (non-hydrogen) atoms. The molecule has 0 unspecified atom stereocenters. The second-order valence-electron chi connectivity index (χ2n) is 12.6. The molecule has 10 nitrogen and oxygen atoms in total. The van der Waals surface area contributed by atoms with Crippen LogP contribution >= 0.6 is 0 Å². The number of esters is 1. The van der Waals surface area contributed by atoms with Gasteiger partial charge < -0.3 is 24.0 Å². The Hall–Kier alpha value is -4.44. The summed E-state index contributed by atoms with van der Waals surface area (Å²) in [5, 5.41) is 3.10. The van der Waals surface area contributed by atoms with Crippen molar-refractivity contribution in [2.24, 2.45) is 5.92 Å². The fraction of sp³-hybridized carbons (Fsp3) is 0.429. The molecule has 3 saturated heterocycles. The van der Waals surface area contributed by atoms with E-state index in [1.165, 1.54) is 7.11 Å². The molecule has 10 heteroatoms. The third-order valence-electron chi connectivity index (χ3n) is 10.2. The monoisotopic (exact) mass is 609 g/mol. The minimum absolute atomic E-state index is 0.0220. The zero-order valence-electron chi connectivity index (χ0n) is 25.6. The molecule has 1 aliphatic carbocycles. The zero-order chi connectivity index (χ0) is 31.1. The van der Waals surface area contributed by atoms with E-state index >= 15 is 0 Å². The number of ether oxygens (including phenoxy) is 1. The number of methoxy groups -OCH3 is 1. The van der Waals surface area contributed by atoms with Crippen LogP contribution in [0.3, 0.4) is 0 Å². The van der Waals surface area contributed by atoms with Gasteiger partial charge >= 0.3 is 5.97 Å². The summed E-state index contributed by atoms with van der Waals surface area (Å²) in [7, 11) is 1.39.